The van der Waals surface area contributed by atoms with Gasteiger partial charge in [-0.05, 0) is 62.6 Å². The number of fused-ring (bicyclic) bond motifs is 1. The first-order valence-electron chi connectivity index (χ1n) is 11.7. The summed E-state index contributed by atoms with van der Waals surface area (Å²) in [5.41, 5.74) is 2.92. The number of amides is 2. The van der Waals surface area contributed by atoms with E-state index in [1.54, 1.807) is 31.2 Å². The first-order chi connectivity index (χ1) is 17.7. The van der Waals surface area contributed by atoms with E-state index in [-0.39, 0.29) is 27.7 Å². The predicted molar refractivity (Wildman–Crippen MR) is 143 cm³/mol. The van der Waals surface area contributed by atoms with Gasteiger partial charge < -0.3 is 15.4 Å². The van der Waals surface area contributed by atoms with Crippen molar-refractivity contribution in [2.24, 2.45) is 0 Å². The van der Waals surface area contributed by atoms with Crippen LogP contribution in [0.5, 0.6) is 0 Å². The van der Waals surface area contributed by atoms with Crippen molar-refractivity contribution in [2.45, 2.75) is 34.1 Å². The Morgan fingerprint density at radius 2 is 1.76 bits per heavy atom. The molecule has 0 fully saturated rings. The lowest BCUT2D eigenvalue weighted by atomic mass is 10.1. The molecule has 190 valence electrons. The molecule has 2 N–H and O–H groups in total. The van der Waals surface area contributed by atoms with E-state index in [1.165, 1.54) is 12.1 Å². The van der Waals surface area contributed by atoms with Gasteiger partial charge in [0.05, 0.1) is 12.2 Å². The lowest BCUT2D eigenvalue weighted by molar-refractivity contribution is 0.0505. The lowest BCUT2D eigenvalue weighted by Gasteiger charge is -2.11. The smallest absolute Gasteiger partial charge is 0.338 e. The summed E-state index contributed by atoms with van der Waals surface area (Å²) in [7, 11) is 0. The zero-order chi connectivity index (χ0) is 26.7. The van der Waals surface area contributed by atoms with Gasteiger partial charge in [-0.1, -0.05) is 36.5 Å². The molecule has 10 heteroatoms. The second-order valence-electron chi connectivity index (χ2n) is 8.51. The molecule has 0 saturated carbocycles. The fourth-order valence-corrected chi connectivity index (χ4v) is 4.77. The molecule has 0 aliphatic carbocycles. The van der Waals surface area contributed by atoms with Crippen molar-refractivity contribution in [1.82, 2.24) is 9.38 Å². The summed E-state index contributed by atoms with van der Waals surface area (Å²) in [6.07, 6.45) is 0.683. The number of nitrogens with zero attached hydrogens (tertiary/aromatic N) is 2. The molecule has 0 spiro atoms. The third kappa shape index (κ3) is 5.44. The maximum absolute atomic E-state index is 13.5. The molecule has 4 aromatic rings. The van der Waals surface area contributed by atoms with Crippen LogP contribution >= 0.6 is 11.3 Å². The van der Waals surface area contributed by atoms with E-state index in [2.05, 4.69) is 15.6 Å². The standard InChI is InChI=1S/C27H26N4O5S/c1-5-12-36-26(35)18-9-7-10-19(14-18)29-24(33)22-23(37-27-28-16(3)13-21(32)31(22)27)25(34)30-20-11-6-8-15(2)17(20)4/h6-11,13-14H,5,12H2,1-4H3,(H,29,33)(H,30,34). The Kier molecular flexibility index (Phi) is 7.49. The number of hydrogen-bond acceptors (Lipinski definition) is 7. The maximum atomic E-state index is 13.5. The van der Waals surface area contributed by atoms with Crippen LogP contribution in [0, 0.1) is 20.8 Å². The van der Waals surface area contributed by atoms with Crippen molar-refractivity contribution in [3.63, 3.8) is 0 Å². The molecule has 0 aliphatic rings. The monoisotopic (exact) mass is 518 g/mol. The number of esters is 1. The Balaban J connectivity index is 1.73. The SMILES string of the molecule is CCCOC(=O)c1cccc(NC(=O)c2c(C(=O)Nc3cccc(C)c3C)sc3nc(C)cc(=O)n23)c1. The predicted octanol–water partition coefficient (Wildman–Crippen LogP) is 4.75. The number of aryl methyl sites for hydroxylation is 2. The Morgan fingerprint density at radius 1 is 1.00 bits per heavy atom. The van der Waals surface area contributed by atoms with Crippen LogP contribution in [0.3, 0.4) is 0 Å². The molecular formula is C27H26N4O5S. The molecule has 0 atom stereocenters. The Morgan fingerprint density at radius 3 is 2.51 bits per heavy atom. The zero-order valence-electron chi connectivity index (χ0n) is 20.9. The van der Waals surface area contributed by atoms with E-state index in [4.69, 9.17) is 4.74 Å². The Bertz CT molecular complexity index is 1590. The van der Waals surface area contributed by atoms with E-state index < -0.39 is 23.3 Å². The third-order valence-electron chi connectivity index (χ3n) is 5.72. The number of ether oxygens (including phenoxy) is 1. The van der Waals surface area contributed by atoms with Crippen molar-refractivity contribution < 1.29 is 19.1 Å². The molecule has 37 heavy (non-hydrogen) atoms. The minimum Gasteiger partial charge on any atom is -0.462 e. The minimum atomic E-state index is -0.691. The molecule has 0 aliphatic heterocycles. The second kappa shape index (κ2) is 10.8. The average Bonchev–Trinajstić information content (AvgIpc) is 3.25. The quantitative estimate of drug-likeness (QED) is 0.341. The van der Waals surface area contributed by atoms with Gasteiger partial charge in [-0.3, -0.25) is 14.4 Å². The summed E-state index contributed by atoms with van der Waals surface area (Å²) in [5.74, 6) is -1.74. The van der Waals surface area contributed by atoms with Crippen LogP contribution < -0.4 is 16.2 Å². The first-order valence-corrected chi connectivity index (χ1v) is 12.5. The lowest BCUT2D eigenvalue weighted by Crippen LogP contribution is -2.25. The molecule has 0 saturated heterocycles. The molecule has 2 amide bonds. The number of carbonyl (C=O) groups is 3. The number of rotatable bonds is 7. The molecule has 2 heterocycles. The van der Waals surface area contributed by atoms with Gasteiger partial charge >= 0.3 is 5.97 Å². The van der Waals surface area contributed by atoms with Gasteiger partial charge in [-0.25, -0.2) is 14.2 Å². The van der Waals surface area contributed by atoms with Crippen molar-refractivity contribution in [2.75, 3.05) is 17.2 Å². The zero-order valence-corrected chi connectivity index (χ0v) is 21.7. The fraction of sp³-hybridized carbons (Fsp3) is 0.222. The Hall–Kier alpha value is -4.31. The molecule has 0 bridgehead atoms. The topological polar surface area (TPSA) is 119 Å². The average molecular weight is 519 g/mol. The van der Waals surface area contributed by atoms with Crippen molar-refractivity contribution >= 4 is 45.5 Å². The van der Waals surface area contributed by atoms with Gasteiger partial charge in [-0.2, -0.15) is 0 Å². The van der Waals surface area contributed by atoms with E-state index in [1.807, 2.05) is 32.9 Å². The van der Waals surface area contributed by atoms with Crippen molar-refractivity contribution in [3.05, 3.63) is 91.8 Å². The number of carbonyl (C=O) groups excluding carboxylic acids is 3. The summed E-state index contributed by atoms with van der Waals surface area (Å²) < 4.78 is 6.29. The Labute approximate surface area is 217 Å². The molecule has 2 aromatic carbocycles. The van der Waals surface area contributed by atoms with E-state index in [0.717, 1.165) is 26.9 Å². The number of anilines is 2. The van der Waals surface area contributed by atoms with Crippen LogP contribution in [0.15, 0.2) is 53.3 Å². The highest BCUT2D eigenvalue weighted by Gasteiger charge is 2.27. The highest BCUT2D eigenvalue weighted by molar-refractivity contribution is 7.19. The van der Waals surface area contributed by atoms with Gasteiger partial charge in [0.25, 0.3) is 17.4 Å². The second-order valence-corrected chi connectivity index (χ2v) is 9.48. The van der Waals surface area contributed by atoms with Crippen LogP contribution in [0.2, 0.25) is 0 Å². The fourth-order valence-electron chi connectivity index (χ4n) is 3.70. The molecule has 2 aromatic heterocycles. The number of aromatic nitrogens is 2. The molecular weight excluding hydrogens is 492 g/mol. The third-order valence-corrected chi connectivity index (χ3v) is 6.75. The number of thiazole rings is 1. The highest BCUT2D eigenvalue weighted by Crippen LogP contribution is 2.26. The van der Waals surface area contributed by atoms with E-state index in [9.17, 15) is 19.2 Å². The summed E-state index contributed by atoms with van der Waals surface area (Å²) >= 11 is 0.951. The number of hydrogen-bond donors (Lipinski definition) is 2. The van der Waals surface area contributed by atoms with Crippen LogP contribution in [0.1, 0.15) is 60.7 Å². The first kappa shape index (κ1) is 25.8. The van der Waals surface area contributed by atoms with Gasteiger partial charge in [0.2, 0.25) is 0 Å². The highest BCUT2D eigenvalue weighted by atomic mass is 32.1. The van der Waals surface area contributed by atoms with E-state index >= 15 is 0 Å². The molecule has 0 unspecified atom stereocenters. The maximum Gasteiger partial charge on any atom is 0.338 e. The normalized spacial score (nSPS) is 10.8. The van der Waals surface area contributed by atoms with Crippen molar-refractivity contribution in [1.29, 1.82) is 0 Å². The van der Waals surface area contributed by atoms with Crippen LogP contribution in [-0.2, 0) is 4.74 Å². The van der Waals surface area contributed by atoms with Crippen LogP contribution in [0.25, 0.3) is 4.96 Å². The molecule has 9 nitrogen and oxygen atoms in total. The largest absolute Gasteiger partial charge is 0.462 e. The summed E-state index contributed by atoms with van der Waals surface area (Å²) in [4.78, 5) is 56.6. The van der Waals surface area contributed by atoms with Gasteiger partial charge in [-0.15, -0.1) is 0 Å². The minimum absolute atomic E-state index is 0.0344. The van der Waals surface area contributed by atoms with Crippen molar-refractivity contribution in [3.8, 4) is 0 Å². The van der Waals surface area contributed by atoms with Gasteiger partial charge in [0.15, 0.2) is 4.96 Å². The van der Waals surface area contributed by atoms with Gasteiger partial charge in [0.1, 0.15) is 10.6 Å². The molecule has 0 radical (unpaired) electrons. The summed E-state index contributed by atoms with van der Waals surface area (Å²) in [6.45, 7) is 7.66. The van der Waals surface area contributed by atoms with Crippen LogP contribution in [-0.4, -0.2) is 33.8 Å². The summed E-state index contributed by atoms with van der Waals surface area (Å²) in [6, 6.07) is 13.1. The van der Waals surface area contributed by atoms with E-state index in [0.29, 0.717) is 23.5 Å². The van der Waals surface area contributed by atoms with Gasteiger partial charge in [0, 0.05) is 23.1 Å². The number of nitrogens with one attached hydrogen (secondary N) is 2. The number of benzene rings is 2. The molecule has 4 rings (SSSR count). The van der Waals surface area contributed by atoms with Crippen LogP contribution in [0.4, 0.5) is 11.4 Å². The summed E-state index contributed by atoms with van der Waals surface area (Å²) in [5, 5.41) is 5.55.